The second kappa shape index (κ2) is 6.99. The highest BCUT2D eigenvalue weighted by Crippen LogP contribution is 2.24. The minimum Gasteiger partial charge on any atom is -0.409 e. The molecule has 1 atom stereocenters. The van der Waals surface area contributed by atoms with E-state index < -0.39 is 0 Å². The quantitative estimate of drug-likeness (QED) is 0.357. The molecule has 0 aliphatic heterocycles. The van der Waals surface area contributed by atoms with Gasteiger partial charge in [-0.25, -0.2) is 0 Å². The first-order valence-corrected chi connectivity index (χ1v) is 6.39. The Balaban J connectivity index is 3.24. The maximum Gasteiger partial charge on any atom is 0.172 e. The van der Waals surface area contributed by atoms with Gasteiger partial charge >= 0.3 is 0 Å². The molecule has 0 saturated heterocycles. The highest BCUT2D eigenvalue weighted by Gasteiger charge is 2.18. The Kier molecular flexibility index (Phi) is 5.63. The topological polar surface area (TPSA) is 71.1 Å². The molecule has 5 nitrogen and oxygen atoms in total. The lowest BCUT2D eigenvalue weighted by Gasteiger charge is -2.31. The predicted molar refractivity (Wildman–Crippen MR) is 78.0 cm³/mol. The number of hydrogen-bond acceptors (Lipinski definition) is 4. The third-order valence-corrected chi connectivity index (χ3v) is 3.13. The number of nitrogens with two attached hydrogens (primary N) is 1. The van der Waals surface area contributed by atoms with Crippen LogP contribution in [0, 0.1) is 6.92 Å². The summed E-state index contributed by atoms with van der Waals surface area (Å²) in [5.74, 6) is 0.123. The fraction of sp³-hybridized carbons (Fsp3) is 0.500. The van der Waals surface area contributed by atoms with Crippen molar-refractivity contribution in [3.63, 3.8) is 0 Å². The number of likely N-dealkylation sites (N-methyl/N-ethyl adjacent to an activating group) is 1. The van der Waals surface area contributed by atoms with E-state index in [1.165, 1.54) is 0 Å². The Bertz CT molecular complexity index is 446. The van der Waals surface area contributed by atoms with Crippen LogP contribution in [-0.4, -0.2) is 37.3 Å². The molecule has 1 rings (SSSR count). The van der Waals surface area contributed by atoms with Crippen molar-refractivity contribution >= 4 is 11.5 Å². The van der Waals surface area contributed by atoms with Crippen molar-refractivity contribution in [3.05, 3.63) is 29.3 Å². The summed E-state index contributed by atoms with van der Waals surface area (Å²) in [7, 11) is 1.69. The van der Waals surface area contributed by atoms with Crippen LogP contribution in [0.1, 0.15) is 25.0 Å². The second-order valence-corrected chi connectivity index (χ2v) is 4.60. The van der Waals surface area contributed by atoms with Crippen molar-refractivity contribution < 1.29 is 9.94 Å². The number of amidine groups is 1. The van der Waals surface area contributed by atoms with Crippen molar-refractivity contribution in [2.75, 3.05) is 25.2 Å². The first-order valence-electron chi connectivity index (χ1n) is 6.39. The van der Waals surface area contributed by atoms with Crippen LogP contribution in [0.25, 0.3) is 0 Å². The van der Waals surface area contributed by atoms with Gasteiger partial charge in [0.25, 0.3) is 0 Å². The SMILES string of the molecule is CCN(c1cc(C)ccc1C(N)=NO)C(C)COC. The van der Waals surface area contributed by atoms with Gasteiger partial charge in [-0.15, -0.1) is 0 Å². The Morgan fingerprint density at radius 2 is 2.21 bits per heavy atom. The molecule has 0 amide bonds. The monoisotopic (exact) mass is 265 g/mol. The molecule has 1 aromatic rings. The van der Waals surface area contributed by atoms with Crippen molar-refractivity contribution in [1.29, 1.82) is 0 Å². The van der Waals surface area contributed by atoms with E-state index >= 15 is 0 Å². The Morgan fingerprint density at radius 3 is 2.74 bits per heavy atom. The molecule has 0 aliphatic rings. The Hall–Kier alpha value is -1.75. The lowest BCUT2D eigenvalue weighted by atomic mass is 10.1. The van der Waals surface area contributed by atoms with E-state index in [9.17, 15) is 0 Å². The summed E-state index contributed by atoms with van der Waals surface area (Å²) in [6, 6.07) is 6.08. The van der Waals surface area contributed by atoms with Crippen molar-refractivity contribution in [2.24, 2.45) is 10.9 Å². The van der Waals surface area contributed by atoms with Crippen molar-refractivity contribution in [2.45, 2.75) is 26.8 Å². The predicted octanol–water partition coefficient (Wildman–Crippen LogP) is 1.95. The largest absolute Gasteiger partial charge is 0.409 e. The molecule has 1 aromatic carbocycles. The zero-order valence-electron chi connectivity index (χ0n) is 12.1. The smallest absolute Gasteiger partial charge is 0.172 e. The molecule has 0 heterocycles. The number of nitrogens with zero attached hydrogens (tertiary/aromatic N) is 2. The number of methoxy groups -OCH3 is 1. The summed E-state index contributed by atoms with van der Waals surface area (Å²) < 4.78 is 5.21. The van der Waals surface area contributed by atoms with Gasteiger partial charge in [-0.05, 0) is 38.5 Å². The van der Waals surface area contributed by atoms with E-state index in [-0.39, 0.29) is 11.9 Å². The first-order chi connectivity index (χ1) is 9.04. The van der Waals surface area contributed by atoms with Gasteiger partial charge in [0.2, 0.25) is 0 Å². The summed E-state index contributed by atoms with van der Waals surface area (Å²) >= 11 is 0. The van der Waals surface area contributed by atoms with E-state index in [2.05, 4.69) is 23.9 Å². The molecule has 0 aliphatic carbocycles. The summed E-state index contributed by atoms with van der Waals surface area (Å²) in [6.45, 7) is 7.63. The molecule has 0 aromatic heterocycles. The van der Waals surface area contributed by atoms with Crippen LogP contribution in [0.15, 0.2) is 23.4 Å². The van der Waals surface area contributed by atoms with E-state index in [1.54, 1.807) is 7.11 Å². The second-order valence-electron chi connectivity index (χ2n) is 4.60. The van der Waals surface area contributed by atoms with E-state index in [0.717, 1.165) is 23.4 Å². The van der Waals surface area contributed by atoms with Gasteiger partial charge in [-0.2, -0.15) is 0 Å². The van der Waals surface area contributed by atoms with Crippen LogP contribution in [0.3, 0.4) is 0 Å². The Morgan fingerprint density at radius 1 is 1.53 bits per heavy atom. The summed E-state index contributed by atoms with van der Waals surface area (Å²) in [5, 5.41) is 12.0. The number of ether oxygens (including phenoxy) is 1. The van der Waals surface area contributed by atoms with Crippen LogP contribution in [0.5, 0.6) is 0 Å². The first kappa shape index (κ1) is 15.3. The molecule has 0 bridgehead atoms. The van der Waals surface area contributed by atoms with E-state index in [0.29, 0.717) is 6.61 Å². The molecular weight excluding hydrogens is 242 g/mol. The molecule has 0 saturated carbocycles. The van der Waals surface area contributed by atoms with Gasteiger partial charge in [0.15, 0.2) is 5.84 Å². The number of aryl methyl sites for hydroxylation is 1. The van der Waals surface area contributed by atoms with Crippen LogP contribution < -0.4 is 10.6 Å². The van der Waals surface area contributed by atoms with Crippen molar-refractivity contribution in [1.82, 2.24) is 0 Å². The number of rotatable bonds is 6. The fourth-order valence-corrected chi connectivity index (χ4v) is 2.20. The zero-order valence-corrected chi connectivity index (χ0v) is 12.1. The molecule has 3 N–H and O–H groups in total. The molecule has 0 spiro atoms. The highest BCUT2D eigenvalue weighted by atomic mass is 16.5. The number of oxime groups is 1. The highest BCUT2D eigenvalue weighted by molar-refractivity contribution is 6.02. The summed E-state index contributed by atoms with van der Waals surface area (Å²) in [4.78, 5) is 2.18. The molecule has 0 fully saturated rings. The maximum atomic E-state index is 8.90. The van der Waals surface area contributed by atoms with E-state index in [1.807, 2.05) is 25.1 Å². The van der Waals surface area contributed by atoms with Crippen LogP contribution in [-0.2, 0) is 4.74 Å². The standard InChI is InChI=1S/C14H23N3O2/c1-5-17(11(3)9-19-4)13-8-10(2)6-7-12(13)14(15)16-18/h6-8,11,18H,5,9H2,1-4H3,(H2,15,16). The zero-order chi connectivity index (χ0) is 14.4. The molecule has 106 valence electrons. The molecule has 5 heteroatoms. The van der Waals surface area contributed by atoms with Gasteiger partial charge in [0.05, 0.1) is 6.61 Å². The van der Waals surface area contributed by atoms with Gasteiger partial charge in [0, 0.05) is 30.9 Å². The van der Waals surface area contributed by atoms with Gasteiger partial charge in [0.1, 0.15) is 0 Å². The third kappa shape index (κ3) is 3.61. The average Bonchev–Trinajstić information content (AvgIpc) is 2.39. The van der Waals surface area contributed by atoms with Gasteiger partial charge in [-0.3, -0.25) is 0 Å². The molecular formula is C14H23N3O2. The molecule has 0 radical (unpaired) electrons. The lowest BCUT2D eigenvalue weighted by Crippen LogP contribution is -2.37. The van der Waals surface area contributed by atoms with Crippen LogP contribution >= 0.6 is 0 Å². The molecule has 1 unspecified atom stereocenters. The minimum absolute atomic E-state index is 0.123. The molecule has 19 heavy (non-hydrogen) atoms. The van der Waals surface area contributed by atoms with Crippen LogP contribution in [0.2, 0.25) is 0 Å². The van der Waals surface area contributed by atoms with E-state index in [4.69, 9.17) is 15.7 Å². The number of benzene rings is 1. The summed E-state index contributed by atoms with van der Waals surface area (Å²) in [5.41, 5.74) is 8.58. The van der Waals surface area contributed by atoms with Gasteiger partial charge in [-0.1, -0.05) is 11.2 Å². The third-order valence-electron chi connectivity index (χ3n) is 3.13. The lowest BCUT2D eigenvalue weighted by molar-refractivity contribution is 0.182. The summed E-state index contributed by atoms with van der Waals surface area (Å²) in [6.07, 6.45) is 0. The van der Waals surface area contributed by atoms with Gasteiger partial charge < -0.3 is 20.6 Å². The minimum atomic E-state index is 0.123. The number of anilines is 1. The average molecular weight is 265 g/mol. The Labute approximate surface area is 114 Å². The normalized spacial score (nSPS) is 13.4. The van der Waals surface area contributed by atoms with Crippen molar-refractivity contribution in [3.8, 4) is 0 Å². The number of hydrogen-bond donors (Lipinski definition) is 2. The fourth-order valence-electron chi connectivity index (χ4n) is 2.20. The maximum absolute atomic E-state index is 8.90. The van der Waals surface area contributed by atoms with Crippen LogP contribution in [0.4, 0.5) is 5.69 Å².